The van der Waals surface area contributed by atoms with Crippen molar-refractivity contribution in [1.82, 2.24) is 10.6 Å². The molecular formula is C13H18N2O2. The molecule has 1 unspecified atom stereocenters. The second kappa shape index (κ2) is 6.03. The fraction of sp³-hybridized carbons (Fsp3) is 0.385. The molecule has 0 aliphatic carbocycles. The lowest BCUT2D eigenvalue weighted by molar-refractivity contribution is -0.139. The van der Waals surface area contributed by atoms with Gasteiger partial charge in [0.1, 0.15) is 0 Å². The van der Waals surface area contributed by atoms with Crippen molar-refractivity contribution >= 4 is 11.8 Å². The van der Waals surface area contributed by atoms with Crippen LogP contribution in [0.3, 0.4) is 0 Å². The van der Waals surface area contributed by atoms with Crippen LogP contribution in [0.1, 0.15) is 32.4 Å². The summed E-state index contributed by atoms with van der Waals surface area (Å²) in [4.78, 5) is 22.9. The number of carbonyl (C=O) groups is 2. The van der Waals surface area contributed by atoms with Crippen molar-refractivity contribution in [3.8, 4) is 0 Å². The van der Waals surface area contributed by atoms with E-state index in [0.29, 0.717) is 0 Å². The highest BCUT2D eigenvalue weighted by atomic mass is 16.2. The number of hydrogen-bond acceptors (Lipinski definition) is 2. The number of benzene rings is 1. The van der Waals surface area contributed by atoms with Gasteiger partial charge in [0, 0.05) is 6.04 Å². The second-order valence-electron chi connectivity index (χ2n) is 4.23. The molecular weight excluding hydrogens is 216 g/mol. The Labute approximate surface area is 101 Å². The van der Waals surface area contributed by atoms with E-state index in [-0.39, 0.29) is 12.1 Å². The van der Waals surface area contributed by atoms with Gasteiger partial charge in [0.2, 0.25) is 0 Å². The summed E-state index contributed by atoms with van der Waals surface area (Å²) in [6, 6.07) is 9.29. The third-order valence-corrected chi connectivity index (χ3v) is 2.27. The summed E-state index contributed by atoms with van der Waals surface area (Å²) < 4.78 is 0. The van der Waals surface area contributed by atoms with Crippen molar-refractivity contribution in [2.75, 3.05) is 0 Å². The maximum atomic E-state index is 11.5. The van der Waals surface area contributed by atoms with Crippen LogP contribution in [-0.2, 0) is 9.59 Å². The van der Waals surface area contributed by atoms with Gasteiger partial charge < -0.3 is 10.6 Å². The smallest absolute Gasteiger partial charge is 0.309 e. The van der Waals surface area contributed by atoms with Crippen LogP contribution < -0.4 is 10.6 Å². The van der Waals surface area contributed by atoms with Crippen molar-refractivity contribution < 1.29 is 9.59 Å². The van der Waals surface area contributed by atoms with Gasteiger partial charge in [-0.1, -0.05) is 30.3 Å². The van der Waals surface area contributed by atoms with Crippen molar-refractivity contribution in [2.45, 2.75) is 32.9 Å². The Morgan fingerprint density at radius 3 is 2.00 bits per heavy atom. The Morgan fingerprint density at radius 1 is 0.941 bits per heavy atom. The van der Waals surface area contributed by atoms with Gasteiger partial charge >= 0.3 is 11.8 Å². The summed E-state index contributed by atoms with van der Waals surface area (Å²) in [6.07, 6.45) is 0. The third-order valence-electron chi connectivity index (χ3n) is 2.27. The van der Waals surface area contributed by atoms with Crippen LogP contribution in [0, 0.1) is 0 Å². The molecule has 1 aromatic rings. The number of carbonyl (C=O) groups excluding carboxylic acids is 2. The fourth-order valence-corrected chi connectivity index (χ4v) is 1.41. The van der Waals surface area contributed by atoms with Crippen molar-refractivity contribution in [3.05, 3.63) is 35.9 Å². The van der Waals surface area contributed by atoms with Crippen LogP contribution in [0.25, 0.3) is 0 Å². The van der Waals surface area contributed by atoms with Crippen LogP contribution in [-0.4, -0.2) is 17.9 Å². The molecule has 4 heteroatoms. The van der Waals surface area contributed by atoms with Gasteiger partial charge in [-0.05, 0) is 26.3 Å². The topological polar surface area (TPSA) is 58.2 Å². The summed E-state index contributed by atoms with van der Waals surface area (Å²) in [5, 5.41) is 5.20. The Morgan fingerprint density at radius 2 is 1.47 bits per heavy atom. The molecule has 92 valence electrons. The van der Waals surface area contributed by atoms with Crippen LogP contribution in [0.2, 0.25) is 0 Å². The van der Waals surface area contributed by atoms with E-state index in [1.807, 2.05) is 51.1 Å². The zero-order valence-electron chi connectivity index (χ0n) is 10.4. The normalized spacial score (nSPS) is 12.0. The monoisotopic (exact) mass is 234 g/mol. The van der Waals surface area contributed by atoms with Crippen LogP contribution in [0.5, 0.6) is 0 Å². The molecule has 4 nitrogen and oxygen atoms in total. The van der Waals surface area contributed by atoms with Crippen LogP contribution >= 0.6 is 0 Å². The molecule has 1 aromatic carbocycles. The van der Waals surface area contributed by atoms with E-state index in [4.69, 9.17) is 0 Å². The SMILES string of the molecule is CC(C)NC(=O)C(=O)NC(C)c1ccccc1. The van der Waals surface area contributed by atoms with Crippen LogP contribution in [0.4, 0.5) is 0 Å². The fourth-order valence-electron chi connectivity index (χ4n) is 1.41. The average Bonchev–Trinajstić information content (AvgIpc) is 2.29. The molecule has 0 spiro atoms. The predicted molar refractivity (Wildman–Crippen MR) is 66.3 cm³/mol. The van der Waals surface area contributed by atoms with E-state index in [2.05, 4.69) is 10.6 Å². The van der Waals surface area contributed by atoms with E-state index in [0.717, 1.165) is 5.56 Å². The number of amides is 2. The molecule has 2 amide bonds. The first kappa shape index (κ1) is 13.2. The zero-order chi connectivity index (χ0) is 12.8. The molecule has 0 aliphatic rings. The van der Waals surface area contributed by atoms with E-state index < -0.39 is 11.8 Å². The summed E-state index contributed by atoms with van der Waals surface area (Å²) in [6.45, 7) is 5.47. The van der Waals surface area contributed by atoms with E-state index in [1.165, 1.54) is 0 Å². The van der Waals surface area contributed by atoms with Gasteiger partial charge in [0.25, 0.3) is 0 Å². The minimum atomic E-state index is -0.602. The maximum Gasteiger partial charge on any atom is 0.309 e. The van der Waals surface area contributed by atoms with Gasteiger partial charge in [-0.2, -0.15) is 0 Å². The lowest BCUT2D eigenvalue weighted by Gasteiger charge is -2.14. The van der Waals surface area contributed by atoms with Gasteiger partial charge in [0.05, 0.1) is 6.04 Å². The summed E-state index contributed by atoms with van der Waals surface area (Å²) in [5.41, 5.74) is 0.971. The molecule has 0 saturated carbocycles. The molecule has 1 rings (SSSR count). The first-order valence-corrected chi connectivity index (χ1v) is 5.67. The summed E-state index contributed by atoms with van der Waals surface area (Å²) in [7, 11) is 0. The summed E-state index contributed by atoms with van der Waals surface area (Å²) >= 11 is 0. The zero-order valence-corrected chi connectivity index (χ0v) is 10.4. The van der Waals surface area contributed by atoms with Crippen molar-refractivity contribution in [1.29, 1.82) is 0 Å². The molecule has 0 fully saturated rings. The maximum absolute atomic E-state index is 11.5. The first-order chi connectivity index (χ1) is 8.00. The van der Waals surface area contributed by atoms with Gasteiger partial charge in [0.15, 0.2) is 0 Å². The number of hydrogen-bond donors (Lipinski definition) is 2. The molecule has 0 aromatic heterocycles. The molecule has 17 heavy (non-hydrogen) atoms. The van der Waals surface area contributed by atoms with Crippen LogP contribution in [0.15, 0.2) is 30.3 Å². The quantitative estimate of drug-likeness (QED) is 0.776. The van der Waals surface area contributed by atoms with E-state index in [9.17, 15) is 9.59 Å². The second-order valence-corrected chi connectivity index (χ2v) is 4.23. The lowest BCUT2D eigenvalue weighted by Crippen LogP contribution is -2.43. The summed E-state index contributed by atoms with van der Waals surface area (Å²) in [5.74, 6) is -1.20. The molecule has 0 aliphatic heterocycles. The Kier molecular flexibility index (Phi) is 4.69. The highest BCUT2D eigenvalue weighted by molar-refractivity contribution is 6.35. The minimum Gasteiger partial charge on any atom is -0.346 e. The Hall–Kier alpha value is -1.84. The van der Waals surface area contributed by atoms with Crippen molar-refractivity contribution in [2.24, 2.45) is 0 Å². The van der Waals surface area contributed by atoms with E-state index in [1.54, 1.807) is 0 Å². The molecule has 0 saturated heterocycles. The minimum absolute atomic E-state index is 0.0414. The molecule has 0 heterocycles. The third kappa shape index (κ3) is 4.26. The molecule has 2 N–H and O–H groups in total. The number of rotatable bonds is 3. The van der Waals surface area contributed by atoms with Gasteiger partial charge in [-0.15, -0.1) is 0 Å². The lowest BCUT2D eigenvalue weighted by atomic mass is 10.1. The first-order valence-electron chi connectivity index (χ1n) is 5.67. The predicted octanol–water partition coefficient (Wildman–Crippen LogP) is 1.39. The molecule has 1 atom stereocenters. The average molecular weight is 234 g/mol. The molecule has 0 bridgehead atoms. The highest BCUT2D eigenvalue weighted by Gasteiger charge is 2.17. The van der Waals surface area contributed by atoms with E-state index >= 15 is 0 Å². The largest absolute Gasteiger partial charge is 0.346 e. The van der Waals surface area contributed by atoms with Crippen molar-refractivity contribution in [3.63, 3.8) is 0 Å². The highest BCUT2D eigenvalue weighted by Crippen LogP contribution is 2.10. The Balaban J connectivity index is 2.55. The van der Waals surface area contributed by atoms with Gasteiger partial charge in [-0.3, -0.25) is 9.59 Å². The standard InChI is InChI=1S/C13H18N2O2/c1-9(2)14-12(16)13(17)15-10(3)11-7-5-4-6-8-11/h4-10H,1-3H3,(H,14,16)(H,15,17). The molecule has 0 radical (unpaired) electrons. The Bertz CT molecular complexity index is 388. The number of nitrogens with one attached hydrogen (secondary N) is 2. The van der Waals surface area contributed by atoms with Gasteiger partial charge in [-0.25, -0.2) is 0 Å².